The van der Waals surface area contributed by atoms with E-state index >= 15 is 0 Å². The van der Waals surface area contributed by atoms with Gasteiger partial charge < -0.3 is 16.4 Å². The molecule has 1 aliphatic heterocycles. The van der Waals surface area contributed by atoms with E-state index in [2.05, 4.69) is 58.0 Å². The van der Waals surface area contributed by atoms with Crippen molar-refractivity contribution >= 4 is 63.1 Å². The van der Waals surface area contributed by atoms with Gasteiger partial charge in [-0.2, -0.15) is 0 Å². The van der Waals surface area contributed by atoms with Crippen molar-refractivity contribution in [1.29, 1.82) is 0 Å². The van der Waals surface area contributed by atoms with Crippen molar-refractivity contribution in [3.05, 3.63) is 60.8 Å². The number of benzene rings is 1. The maximum atomic E-state index is 12.6. The first-order valence-corrected chi connectivity index (χ1v) is 13.2. The molecule has 3 heterocycles. The largest absolute Gasteiger partial charge is 0.382 e. The van der Waals surface area contributed by atoms with Gasteiger partial charge in [0.1, 0.15) is 0 Å². The fourth-order valence-electron chi connectivity index (χ4n) is 3.62. The van der Waals surface area contributed by atoms with Gasteiger partial charge in [-0.1, -0.05) is 23.7 Å². The minimum absolute atomic E-state index is 0.0409. The first-order chi connectivity index (χ1) is 16.5. The number of hydrogen-bond acceptors (Lipinski definition) is 9. The normalized spacial score (nSPS) is 14.8. The van der Waals surface area contributed by atoms with Crippen LogP contribution >= 0.6 is 45.5 Å². The van der Waals surface area contributed by atoms with Crippen molar-refractivity contribution in [2.75, 3.05) is 50.3 Å². The van der Waals surface area contributed by atoms with E-state index in [1.165, 1.54) is 4.88 Å². The summed E-state index contributed by atoms with van der Waals surface area (Å²) in [6, 6.07) is 8.08. The molecular formula is C22H26ClIN8OS. The van der Waals surface area contributed by atoms with E-state index in [4.69, 9.17) is 17.3 Å². The molecule has 0 saturated carbocycles. The van der Waals surface area contributed by atoms with Gasteiger partial charge in [-0.3, -0.25) is 19.6 Å². The Balaban J connectivity index is 1.22. The predicted molar refractivity (Wildman–Crippen MR) is 144 cm³/mol. The molecule has 0 aliphatic carbocycles. The van der Waals surface area contributed by atoms with Crippen molar-refractivity contribution in [3.63, 3.8) is 0 Å². The number of rotatable bonds is 9. The molecule has 3 aromatic rings. The van der Waals surface area contributed by atoms with Crippen molar-refractivity contribution in [2.45, 2.75) is 13.1 Å². The van der Waals surface area contributed by atoms with Crippen LogP contribution in [0.1, 0.15) is 20.9 Å². The van der Waals surface area contributed by atoms with Gasteiger partial charge >= 0.3 is 0 Å². The summed E-state index contributed by atoms with van der Waals surface area (Å²) in [6.07, 6.45) is 1.93. The van der Waals surface area contributed by atoms with Gasteiger partial charge in [-0.25, -0.2) is 9.97 Å². The SMILES string of the molecule is Nc1nc(NCc2ccc(I)cc2)c(Cl)nc1C(=O)NCCN1CCN(Cc2cncs2)CC1. The molecule has 1 fully saturated rings. The molecule has 1 saturated heterocycles. The van der Waals surface area contributed by atoms with Gasteiger partial charge in [0.25, 0.3) is 5.91 Å². The van der Waals surface area contributed by atoms with Crippen molar-refractivity contribution in [1.82, 2.24) is 30.1 Å². The Morgan fingerprint density at radius 3 is 2.59 bits per heavy atom. The highest BCUT2D eigenvalue weighted by Gasteiger charge is 2.19. The van der Waals surface area contributed by atoms with E-state index in [9.17, 15) is 4.79 Å². The molecule has 4 rings (SSSR count). The van der Waals surface area contributed by atoms with Crippen molar-refractivity contribution in [3.8, 4) is 0 Å². The molecule has 0 atom stereocenters. The van der Waals surface area contributed by atoms with Gasteiger partial charge in [0.05, 0.1) is 5.51 Å². The Kier molecular flexibility index (Phi) is 8.89. The molecule has 12 heteroatoms. The number of thiazole rings is 1. The molecule has 34 heavy (non-hydrogen) atoms. The molecule has 1 amide bonds. The number of piperazine rings is 1. The summed E-state index contributed by atoms with van der Waals surface area (Å²) >= 11 is 10.2. The Labute approximate surface area is 221 Å². The summed E-state index contributed by atoms with van der Waals surface area (Å²) in [6.45, 7) is 6.65. The average Bonchev–Trinajstić information content (AvgIpc) is 3.34. The molecule has 180 valence electrons. The van der Waals surface area contributed by atoms with Crippen LogP contribution in [0.15, 0.2) is 36.0 Å². The zero-order valence-corrected chi connectivity index (χ0v) is 22.2. The third-order valence-corrected chi connectivity index (χ3v) is 7.26. The lowest BCUT2D eigenvalue weighted by molar-refractivity contribution is 0.0930. The van der Waals surface area contributed by atoms with E-state index in [1.54, 1.807) is 11.3 Å². The van der Waals surface area contributed by atoms with E-state index in [1.807, 2.05) is 36.0 Å². The number of nitrogens with one attached hydrogen (secondary N) is 2. The van der Waals surface area contributed by atoms with Gasteiger partial charge in [-0.05, 0) is 40.3 Å². The number of halogens is 2. The first-order valence-electron chi connectivity index (χ1n) is 10.9. The number of hydrogen-bond donors (Lipinski definition) is 3. The lowest BCUT2D eigenvalue weighted by Gasteiger charge is -2.34. The number of nitrogens with zero attached hydrogens (tertiary/aromatic N) is 5. The summed E-state index contributed by atoms with van der Waals surface area (Å²) in [5.74, 6) is 0.0223. The molecule has 0 bridgehead atoms. The second-order valence-electron chi connectivity index (χ2n) is 7.92. The van der Waals surface area contributed by atoms with Crippen LogP contribution in [0.25, 0.3) is 0 Å². The number of amides is 1. The summed E-state index contributed by atoms with van der Waals surface area (Å²) in [7, 11) is 0. The lowest BCUT2D eigenvalue weighted by atomic mass is 10.2. The first kappa shape index (κ1) is 25.0. The number of aromatic nitrogens is 3. The highest BCUT2D eigenvalue weighted by Crippen LogP contribution is 2.21. The zero-order chi connectivity index (χ0) is 23.9. The third-order valence-electron chi connectivity index (χ3n) is 5.51. The summed E-state index contributed by atoms with van der Waals surface area (Å²) in [5.41, 5.74) is 8.99. The predicted octanol–water partition coefficient (Wildman–Crippen LogP) is 2.93. The third kappa shape index (κ3) is 6.98. The second kappa shape index (κ2) is 12.1. The molecule has 0 unspecified atom stereocenters. The number of anilines is 2. The van der Waals surface area contributed by atoms with Crippen LogP contribution in [0.3, 0.4) is 0 Å². The van der Waals surface area contributed by atoms with E-state index < -0.39 is 0 Å². The Morgan fingerprint density at radius 2 is 1.88 bits per heavy atom. The number of carbonyl (C=O) groups excluding carboxylic acids is 1. The maximum absolute atomic E-state index is 12.6. The minimum Gasteiger partial charge on any atom is -0.382 e. The van der Waals surface area contributed by atoms with Gasteiger partial charge in [0.2, 0.25) is 0 Å². The topological polar surface area (TPSA) is 112 Å². The average molecular weight is 613 g/mol. The van der Waals surface area contributed by atoms with Crippen LogP contribution in [-0.2, 0) is 13.1 Å². The van der Waals surface area contributed by atoms with Gasteiger partial charge in [0.15, 0.2) is 22.5 Å². The molecule has 2 aromatic heterocycles. The van der Waals surface area contributed by atoms with Gasteiger partial charge in [0, 0.05) is 67.0 Å². The van der Waals surface area contributed by atoms with E-state index in [-0.39, 0.29) is 22.6 Å². The molecule has 4 N–H and O–H groups in total. The summed E-state index contributed by atoms with van der Waals surface area (Å²) < 4.78 is 1.16. The molecular weight excluding hydrogens is 587 g/mol. The maximum Gasteiger partial charge on any atom is 0.273 e. The molecule has 1 aliphatic rings. The fraction of sp³-hybridized carbons (Fsp3) is 0.364. The zero-order valence-electron chi connectivity index (χ0n) is 18.5. The van der Waals surface area contributed by atoms with Crippen LogP contribution in [0, 0.1) is 3.57 Å². The van der Waals surface area contributed by atoms with Crippen LogP contribution in [-0.4, -0.2) is 69.9 Å². The van der Waals surface area contributed by atoms with Crippen LogP contribution in [0.5, 0.6) is 0 Å². The van der Waals surface area contributed by atoms with Crippen molar-refractivity contribution in [2.24, 2.45) is 0 Å². The molecule has 9 nitrogen and oxygen atoms in total. The highest BCUT2D eigenvalue weighted by molar-refractivity contribution is 14.1. The Morgan fingerprint density at radius 1 is 1.15 bits per heavy atom. The number of nitrogen functional groups attached to an aromatic ring is 1. The number of nitrogens with two attached hydrogens (primary N) is 1. The van der Waals surface area contributed by atoms with Crippen LogP contribution in [0.4, 0.5) is 11.6 Å². The standard InChI is InChI=1S/C22H26ClIN8OS/c23-19-21(28-11-15-1-3-16(24)4-2-15)30-20(25)18(29-19)22(33)27-5-6-31-7-9-32(10-8-31)13-17-12-26-14-34-17/h1-4,12,14H,5-11,13H2,(H,27,33)(H3,25,28,30). The smallest absolute Gasteiger partial charge is 0.273 e. The van der Waals surface area contributed by atoms with Crippen LogP contribution in [0.2, 0.25) is 5.15 Å². The monoisotopic (exact) mass is 612 g/mol. The molecule has 0 radical (unpaired) electrons. The number of carbonyl (C=O) groups is 1. The molecule has 0 spiro atoms. The van der Waals surface area contributed by atoms with Crippen LogP contribution < -0.4 is 16.4 Å². The lowest BCUT2D eigenvalue weighted by Crippen LogP contribution is -2.48. The summed E-state index contributed by atoms with van der Waals surface area (Å²) in [4.78, 5) is 31.2. The minimum atomic E-state index is -0.375. The summed E-state index contributed by atoms with van der Waals surface area (Å²) in [5, 5.41) is 6.12. The molecule has 1 aromatic carbocycles. The Bertz CT molecular complexity index is 1090. The Hall–Kier alpha value is -2.06. The quantitative estimate of drug-likeness (QED) is 0.317. The highest BCUT2D eigenvalue weighted by atomic mass is 127. The van der Waals surface area contributed by atoms with Gasteiger partial charge in [-0.15, -0.1) is 11.3 Å². The van der Waals surface area contributed by atoms with Crippen molar-refractivity contribution < 1.29 is 4.79 Å². The fourth-order valence-corrected chi connectivity index (χ4v) is 4.81. The second-order valence-corrected chi connectivity index (χ2v) is 10.5. The van der Waals surface area contributed by atoms with E-state index in [0.717, 1.165) is 48.4 Å². The van der Waals surface area contributed by atoms with E-state index in [0.29, 0.717) is 18.9 Å².